The summed E-state index contributed by atoms with van der Waals surface area (Å²) in [4.78, 5) is 1.94. The van der Waals surface area contributed by atoms with Crippen molar-refractivity contribution in [3.05, 3.63) is 18.2 Å². The molecule has 1 aromatic carbocycles. The van der Waals surface area contributed by atoms with Gasteiger partial charge in [-0.25, -0.2) is 0 Å². The maximum absolute atomic E-state index is 9.12. The van der Waals surface area contributed by atoms with E-state index in [4.69, 9.17) is 15.6 Å². The van der Waals surface area contributed by atoms with E-state index in [1.54, 1.807) is 0 Å². The first kappa shape index (κ1) is 12.6. The summed E-state index contributed by atoms with van der Waals surface area (Å²) in [6, 6.07) is 5.69. The van der Waals surface area contributed by atoms with Crippen molar-refractivity contribution >= 4 is 11.4 Å². The predicted molar refractivity (Wildman–Crippen MR) is 67.0 cm³/mol. The lowest BCUT2D eigenvalue weighted by Gasteiger charge is -2.27. The largest absolute Gasteiger partial charge is 0.492 e. The van der Waals surface area contributed by atoms with E-state index < -0.39 is 0 Å². The molecule has 0 heterocycles. The van der Waals surface area contributed by atoms with Gasteiger partial charge in [0.25, 0.3) is 0 Å². The predicted octanol–water partition coefficient (Wildman–Crippen LogP) is 1.48. The molecule has 3 N–H and O–H groups in total. The van der Waals surface area contributed by atoms with Crippen molar-refractivity contribution in [3.63, 3.8) is 0 Å². The Morgan fingerprint density at radius 1 is 1.50 bits per heavy atom. The van der Waals surface area contributed by atoms with Gasteiger partial charge in [-0.3, -0.25) is 0 Å². The summed E-state index contributed by atoms with van der Waals surface area (Å²) < 4.78 is 5.43. The van der Waals surface area contributed by atoms with Gasteiger partial charge in [0, 0.05) is 13.1 Å². The van der Waals surface area contributed by atoms with E-state index >= 15 is 0 Å². The molecule has 0 radical (unpaired) electrons. The molecule has 1 rings (SSSR count). The maximum atomic E-state index is 9.12. The van der Waals surface area contributed by atoms with Gasteiger partial charge in [-0.1, -0.05) is 6.07 Å². The highest BCUT2D eigenvalue weighted by Gasteiger charge is 2.13. The van der Waals surface area contributed by atoms with Crippen molar-refractivity contribution < 1.29 is 9.84 Å². The van der Waals surface area contributed by atoms with Gasteiger partial charge in [-0.15, -0.1) is 0 Å². The van der Waals surface area contributed by atoms with Gasteiger partial charge in [0.2, 0.25) is 0 Å². The van der Waals surface area contributed by atoms with Gasteiger partial charge >= 0.3 is 0 Å². The van der Waals surface area contributed by atoms with Crippen LogP contribution in [0.3, 0.4) is 0 Å². The molecule has 16 heavy (non-hydrogen) atoms. The van der Waals surface area contributed by atoms with Crippen LogP contribution in [-0.4, -0.2) is 31.4 Å². The van der Waals surface area contributed by atoms with Crippen molar-refractivity contribution in [2.24, 2.45) is 0 Å². The van der Waals surface area contributed by atoms with Gasteiger partial charge in [0.1, 0.15) is 5.75 Å². The van der Waals surface area contributed by atoms with Crippen molar-refractivity contribution in [2.45, 2.75) is 19.9 Å². The summed E-state index contributed by atoms with van der Waals surface area (Å²) in [5.41, 5.74) is 7.51. The summed E-state index contributed by atoms with van der Waals surface area (Å²) in [7, 11) is 1.91. The smallest absolute Gasteiger partial charge is 0.144 e. The Morgan fingerprint density at radius 3 is 2.75 bits per heavy atom. The molecule has 0 amide bonds. The van der Waals surface area contributed by atoms with E-state index in [1.807, 2.05) is 44.0 Å². The van der Waals surface area contributed by atoms with Gasteiger partial charge in [0.05, 0.1) is 24.6 Å². The van der Waals surface area contributed by atoms with Crippen LogP contribution in [0.5, 0.6) is 5.75 Å². The number of rotatable bonds is 5. The quantitative estimate of drug-likeness (QED) is 0.744. The van der Waals surface area contributed by atoms with E-state index in [0.717, 1.165) is 5.69 Å². The third kappa shape index (κ3) is 2.58. The van der Waals surface area contributed by atoms with Crippen LogP contribution in [0.2, 0.25) is 0 Å². The standard InChI is InChI=1S/C12H20N2O2/c1-4-16-11-7-5-6-10(12(11)13)14(3)9(2)8-15/h5-7,9,15H,4,8,13H2,1-3H3. The topological polar surface area (TPSA) is 58.7 Å². The second-order valence-electron chi connectivity index (χ2n) is 3.76. The van der Waals surface area contributed by atoms with Gasteiger partial charge in [0.15, 0.2) is 0 Å². The molecule has 0 fully saturated rings. The molecule has 0 saturated carbocycles. The Labute approximate surface area is 96.6 Å². The lowest BCUT2D eigenvalue weighted by Crippen LogP contribution is -2.32. The van der Waals surface area contributed by atoms with Crippen LogP contribution in [0.15, 0.2) is 18.2 Å². The Bertz CT molecular complexity index is 342. The second-order valence-corrected chi connectivity index (χ2v) is 3.76. The highest BCUT2D eigenvalue weighted by atomic mass is 16.5. The maximum Gasteiger partial charge on any atom is 0.144 e. The number of nitrogens with zero attached hydrogens (tertiary/aromatic N) is 1. The Kier molecular flexibility index (Phi) is 4.43. The first-order valence-corrected chi connectivity index (χ1v) is 5.46. The molecule has 1 aromatic rings. The third-order valence-electron chi connectivity index (χ3n) is 2.65. The van der Waals surface area contributed by atoms with E-state index in [1.165, 1.54) is 0 Å². The van der Waals surface area contributed by atoms with Crippen LogP contribution in [0.25, 0.3) is 0 Å². The number of para-hydroxylation sites is 1. The summed E-state index contributed by atoms with van der Waals surface area (Å²) in [6.07, 6.45) is 0. The first-order chi connectivity index (χ1) is 7.61. The molecule has 0 bridgehead atoms. The van der Waals surface area contributed by atoms with E-state index in [0.29, 0.717) is 18.0 Å². The monoisotopic (exact) mass is 224 g/mol. The molecule has 0 aliphatic carbocycles. The van der Waals surface area contributed by atoms with E-state index in [9.17, 15) is 0 Å². The summed E-state index contributed by atoms with van der Waals surface area (Å²) >= 11 is 0. The van der Waals surface area contributed by atoms with Gasteiger partial charge in [-0.2, -0.15) is 0 Å². The van der Waals surface area contributed by atoms with Crippen molar-refractivity contribution in [1.29, 1.82) is 0 Å². The average molecular weight is 224 g/mol. The zero-order valence-electron chi connectivity index (χ0n) is 10.1. The molecule has 0 saturated heterocycles. The van der Waals surface area contributed by atoms with Gasteiger partial charge < -0.3 is 20.5 Å². The van der Waals surface area contributed by atoms with Crippen LogP contribution < -0.4 is 15.4 Å². The van der Waals surface area contributed by atoms with Gasteiger partial charge in [-0.05, 0) is 26.0 Å². The third-order valence-corrected chi connectivity index (χ3v) is 2.65. The zero-order chi connectivity index (χ0) is 12.1. The van der Waals surface area contributed by atoms with Crippen LogP contribution in [0.4, 0.5) is 11.4 Å². The van der Waals surface area contributed by atoms with Crippen LogP contribution >= 0.6 is 0 Å². The highest BCUT2D eigenvalue weighted by Crippen LogP contribution is 2.32. The van der Waals surface area contributed by atoms with Crippen molar-refractivity contribution in [1.82, 2.24) is 0 Å². The Hall–Kier alpha value is -1.42. The minimum absolute atomic E-state index is 0.0270. The number of nitrogen functional groups attached to an aromatic ring is 1. The molecule has 1 unspecified atom stereocenters. The zero-order valence-corrected chi connectivity index (χ0v) is 10.1. The Balaban J connectivity index is 3.00. The number of nitrogens with two attached hydrogens (primary N) is 1. The molecule has 4 heteroatoms. The van der Waals surface area contributed by atoms with E-state index in [-0.39, 0.29) is 12.6 Å². The molecular weight excluding hydrogens is 204 g/mol. The Morgan fingerprint density at radius 2 is 2.19 bits per heavy atom. The minimum Gasteiger partial charge on any atom is -0.492 e. The summed E-state index contributed by atoms with van der Waals surface area (Å²) in [5, 5.41) is 9.12. The van der Waals surface area contributed by atoms with Crippen LogP contribution in [0.1, 0.15) is 13.8 Å². The molecule has 4 nitrogen and oxygen atoms in total. The second kappa shape index (κ2) is 5.61. The number of likely N-dealkylation sites (N-methyl/N-ethyl adjacent to an activating group) is 1. The number of aliphatic hydroxyl groups excluding tert-OH is 1. The summed E-state index contributed by atoms with van der Waals surface area (Å²) in [5.74, 6) is 0.692. The molecular formula is C12H20N2O2. The summed E-state index contributed by atoms with van der Waals surface area (Å²) in [6.45, 7) is 4.54. The normalized spacial score (nSPS) is 12.2. The first-order valence-electron chi connectivity index (χ1n) is 5.46. The minimum atomic E-state index is 0.0270. The molecule has 0 aromatic heterocycles. The fourth-order valence-corrected chi connectivity index (χ4v) is 1.48. The number of hydrogen-bond donors (Lipinski definition) is 2. The molecule has 1 atom stereocenters. The highest BCUT2D eigenvalue weighted by molar-refractivity contribution is 5.74. The molecule has 90 valence electrons. The number of anilines is 2. The SMILES string of the molecule is CCOc1cccc(N(C)C(C)CO)c1N. The lowest BCUT2D eigenvalue weighted by molar-refractivity contribution is 0.270. The van der Waals surface area contributed by atoms with Crippen molar-refractivity contribution in [2.75, 3.05) is 30.9 Å². The molecule has 0 aliphatic heterocycles. The van der Waals surface area contributed by atoms with E-state index in [2.05, 4.69) is 0 Å². The fourth-order valence-electron chi connectivity index (χ4n) is 1.48. The van der Waals surface area contributed by atoms with Crippen molar-refractivity contribution in [3.8, 4) is 5.75 Å². The average Bonchev–Trinajstić information content (AvgIpc) is 2.30. The lowest BCUT2D eigenvalue weighted by atomic mass is 10.2. The van der Waals surface area contributed by atoms with Crippen LogP contribution in [-0.2, 0) is 0 Å². The number of ether oxygens (including phenoxy) is 1. The fraction of sp³-hybridized carbons (Fsp3) is 0.500. The number of hydrogen-bond acceptors (Lipinski definition) is 4. The number of benzene rings is 1. The number of aliphatic hydroxyl groups is 1. The molecule has 0 spiro atoms. The van der Waals surface area contributed by atoms with Crippen LogP contribution in [0, 0.1) is 0 Å². The molecule has 0 aliphatic rings.